The second-order valence-electron chi connectivity index (χ2n) is 6.09. The summed E-state index contributed by atoms with van der Waals surface area (Å²) in [5, 5.41) is 0.994. The van der Waals surface area contributed by atoms with Crippen LogP contribution in [0.1, 0.15) is 12.5 Å². The van der Waals surface area contributed by atoms with Gasteiger partial charge in [-0.2, -0.15) is 0 Å². The molecule has 0 atom stereocenters. The third kappa shape index (κ3) is 3.15. The van der Waals surface area contributed by atoms with Gasteiger partial charge in [-0.15, -0.1) is 0 Å². The number of aryl methyl sites for hydroxylation is 1. The fourth-order valence-corrected chi connectivity index (χ4v) is 3.18. The van der Waals surface area contributed by atoms with Gasteiger partial charge in [0.05, 0.1) is 5.52 Å². The summed E-state index contributed by atoms with van der Waals surface area (Å²) in [6, 6.07) is 9.61. The first-order valence-electron chi connectivity index (χ1n) is 8.19. The lowest BCUT2D eigenvalue weighted by molar-refractivity contribution is -0.133. The van der Waals surface area contributed by atoms with Gasteiger partial charge in [-0.05, 0) is 31.0 Å². The third-order valence-electron chi connectivity index (χ3n) is 4.65. The van der Waals surface area contributed by atoms with Crippen LogP contribution in [0.2, 0.25) is 0 Å². The normalized spacial score (nSPS) is 16.0. The molecular weight excluding hydrogens is 290 g/mol. The maximum absolute atomic E-state index is 12.6. The highest BCUT2D eigenvalue weighted by molar-refractivity contribution is 5.82. The van der Waals surface area contributed by atoms with Crippen molar-refractivity contribution in [3.63, 3.8) is 0 Å². The summed E-state index contributed by atoms with van der Waals surface area (Å²) in [7, 11) is 0. The Bertz CT molecular complexity index is 773. The summed E-state index contributed by atoms with van der Waals surface area (Å²) in [6.45, 7) is 8.37. The van der Waals surface area contributed by atoms with Crippen molar-refractivity contribution in [2.45, 2.75) is 20.4 Å². The molecule has 0 unspecified atom stereocenters. The van der Waals surface area contributed by atoms with Crippen molar-refractivity contribution >= 4 is 16.8 Å². The number of rotatable bonds is 3. The van der Waals surface area contributed by atoms with Gasteiger partial charge in [0, 0.05) is 31.7 Å². The Labute approximate surface area is 136 Å². The quantitative estimate of drug-likeness (QED) is 0.862. The van der Waals surface area contributed by atoms with Crippen molar-refractivity contribution < 1.29 is 4.79 Å². The number of likely N-dealkylation sites (N-methyl/N-ethyl adjacent to an activating group) is 1. The molecule has 2 heterocycles. The van der Waals surface area contributed by atoms with Crippen molar-refractivity contribution in [3.05, 3.63) is 46.2 Å². The molecule has 0 saturated carbocycles. The monoisotopic (exact) mass is 313 g/mol. The highest BCUT2D eigenvalue weighted by Crippen LogP contribution is 2.13. The van der Waals surface area contributed by atoms with Crippen LogP contribution < -0.4 is 5.56 Å². The van der Waals surface area contributed by atoms with Crippen LogP contribution in [0.15, 0.2) is 35.1 Å². The first kappa shape index (κ1) is 15.7. The van der Waals surface area contributed by atoms with Crippen LogP contribution in [0.4, 0.5) is 0 Å². The zero-order chi connectivity index (χ0) is 16.4. The number of para-hydroxylation sites is 1. The lowest BCUT2D eigenvalue weighted by Crippen LogP contribution is -2.49. The Morgan fingerprint density at radius 2 is 1.83 bits per heavy atom. The van der Waals surface area contributed by atoms with Gasteiger partial charge < -0.3 is 9.80 Å². The number of hydrogen-bond acceptors (Lipinski definition) is 3. The topological polar surface area (TPSA) is 45.5 Å². The van der Waals surface area contributed by atoms with Crippen molar-refractivity contribution in [2.24, 2.45) is 0 Å². The molecule has 1 aromatic heterocycles. The summed E-state index contributed by atoms with van der Waals surface area (Å²) in [5.41, 5.74) is 1.42. The summed E-state index contributed by atoms with van der Waals surface area (Å²) in [4.78, 5) is 29.3. The van der Waals surface area contributed by atoms with Crippen LogP contribution in [0.3, 0.4) is 0 Å². The van der Waals surface area contributed by atoms with Crippen molar-refractivity contribution in [2.75, 3.05) is 32.7 Å². The fraction of sp³-hybridized carbons (Fsp3) is 0.444. The molecule has 0 radical (unpaired) electrons. The highest BCUT2D eigenvalue weighted by Gasteiger charge is 2.21. The van der Waals surface area contributed by atoms with Gasteiger partial charge in [-0.1, -0.05) is 25.1 Å². The van der Waals surface area contributed by atoms with Crippen LogP contribution in [0, 0.1) is 6.92 Å². The molecule has 1 aromatic carbocycles. The Hall–Kier alpha value is -2.14. The van der Waals surface area contributed by atoms with Crippen LogP contribution in [-0.4, -0.2) is 53.0 Å². The summed E-state index contributed by atoms with van der Waals surface area (Å²) in [5.74, 6) is 0.0265. The van der Waals surface area contributed by atoms with E-state index in [-0.39, 0.29) is 18.0 Å². The molecule has 1 aliphatic heterocycles. The summed E-state index contributed by atoms with van der Waals surface area (Å²) < 4.78 is 1.61. The molecule has 23 heavy (non-hydrogen) atoms. The minimum absolute atomic E-state index is 0.0265. The van der Waals surface area contributed by atoms with E-state index in [2.05, 4.69) is 11.8 Å². The van der Waals surface area contributed by atoms with Gasteiger partial charge in [0.2, 0.25) is 5.91 Å². The molecule has 5 nitrogen and oxygen atoms in total. The number of fused-ring (bicyclic) bond motifs is 1. The Kier molecular flexibility index (Phi) is 4.48. The predicted molar refractivity (Wildman–Crippen MR) is 91.6 cm³/mol. The highest BCUT2D eigenvalue weighted by atomic mass is 16.2. The minimum Gasteiger partial charge on any atom is -0.339 e. The largest absolute Gasteiger partial charge is 0.339 e. The van der Waals surface area contributed by atoms with Gasteiger partial charge in [-0.3, -0.25) is 14.2 Å². The molecule has 5 heteroatoms. The molecule has 1 saturated heterocycles. The van der Waals surface area contributed by atoms with Crippen molar-refractivity contribution in [3.8, 4) is 0 Å². The van der Waals surface area contributed by atoms with E-state index in [9.17, 15) is 9.59 Å². The molecule has 1 fully saturated rings. The maximum atomic E-state index is 12.6. The van der Waals surface area contributed by atoms with E-state index in [1.807, 2.05) is 35.2 Å². The Morgan fingerprint density at radius 1 is 1.13 bits per heavy atom. The van der Waals surface area contributed by atoms with Crippen LogP contribution in [0.5, 0.6) is 0 Å². The molecule has 122 valence electrons. The lowest BCUT2D eigenvalue weighted by atomic mass is 10.1. The molecule has 0 bridgehead atoms. The number of pyridine rings is 1. The number of amides is 1. The molecule has 2 aromatic rings. The number of piperazine rings is 1. The van der Waals surface area contributed by atoms with Gasteiger partial charge in [-0.25, -0.2) is 0 Å². The lowest BCUT2D eigenvalue weighted by Gasteiger charge is -2.34. The van der Waals surface area contributed by atoms with E-state index >= 15 is 0 Å². The first-order valence-corrected chi connectivity index (χ1v) is 8.19. The standard InChI is InChI=1S/C18H23N3O2/c1-3-19-8-10-20(11-9-19)17(22)13-21-16-7-5-4-6-15(16)12-14(2)18(21)23/h4-7,12H,3,8-11,13H2,1-2H3. The van der Waals surface area contributed by atoms with Crippen molar-refractivity contribution in [1.82, 2.24) is 14.4 Å². The molecule has 0 spiro atoms. The van der Waals surface area contributed by atoms with Crippen molar-refractivity contribution in [1.29, 1.82) is 0 Å². The second kappa shape index (κ2) is 6.54. The second-order valence-corrected chi connectivity index (χ2v) is 6.09. The Morgan fingerprint density at radius 3 is 2.52 bits per heavy atom. The number of hydrogen-bond donors (Lipinski definition) is 0. The predicted octanol–water partition coefficient (Wildman–Crippen LogP) is 1.47. The zero-order valence-electron chi connectivity index (χ0n) is 13.8. The number of carbonyl (C=O) groups is 1. The SMILES string of the molecule is CCN1CCN(C(=O)Cn2c(=O)c(C)cc3ccccc32)CC1. The average molecular weight is 313 g/mol. The molecule has 1 aliphatic rings. The zero-order valence-corrected chi connectivity index (χ0v) is 13.8. The number of carbonyl (C=O) groups excluding carboxylic acids is 1. The number of aromatic nitrogens is 1. The van der Waals surface area contributed by atoms with Gasteiger partial charge in [0.15, 0.2) is 0 Å². The minimum atomic E-state index is -0.0794. The number of benzene rings is 1. The third-order valence-corrected chi connectivity index (χ3v) is 4.65. The molecule has 1 amide bonds. The average Bonchev–Trinajstić information content (AvgIpc) is 2.59. The van der Waals surface area contributed by atoms with E-state index in [0.717, 1.165) is 43.6 Å². The summed E-state index contributed by atoms with van der Waals surface area (Å²) >= 11 is 0. The van der Waals surface area contributed by atoms with Gasteiger partial charge in [0.1, 0.15) is 6.54 Å². The van der Waals surface area contributed by atoms with Crippen LogP contribution >= 0.6 is 0 Å². The van der Waals surface area contributed by atoms with Gasteiger partial charge >= 0.3 is 0 Å². The van der Waals surface area contributed by atoms with E-state index in [0.29, 0.717) is 5.56 Å². The van der Waals surface area contributed by atoms with E-state index < -0.39 is 0 Å². The van der Waals surface area contributed by atoms with E-state index in [1.165, 1.54) is 0 Å². The summed E-state index contributed by atoms with van der Waals surface area (Å²) in [6.07, 6.45) is 0. The maximum Gasteiger partial charge on any atom is 0.254 e. The van der Waals surface area contributed by atoms with E-state index in [4.69, 9.17) is 0 Å². The molecule has 0 aliphatic carbocycles. The number of nitrogens with zero attached hydrogens (tertiary/aromatic N) is 3. The van der Waals surface area contributed by atoms with E-state index in [1.54, 1.807) is 11.5 Å². The fourth-order valence-electron chi connectivity index (χ4n) is 3.18. The van der Waals surface area contributed by atoms with Crippen LogP contribution in [0.25, 0.3) is 10.9 Å². The molecular formula is C18H23N3O2. The molecule has 3 rings (SSSR count). The first-order chi connectivity index (χ1) is 11.1. The molecule has 0 N–H and O–H groups in total. The van der Waals surface area contributed by atoms with Crippen LogP contribution in [-0.2, 0) is 11.3 Å². The Balaban J connectivity index is 1.85. The smallest absolute Gasteiger partial charge is 0.254 e. The van der Waals surface area contributed by atoms with Gasteiger partial charge in [0.25, 0.3) is 5.56 Å².